The number of hydrogen-bond acceptors (Lipinski definition) is 9. The number of carbonyl (C=O) groups is 2. The first-order valence-electron chi connectivity index (χ1n) is 22.8. The maximum Gasteiger partial charge on any atom is 0.306 e. The molecule has 1 heterocycles. The Kier molecular flexibility index (Phi) is 32.7. The van der Waals surface area contributed by atoms with Crippen molar-refractivity contribution in [2.75, 3.05) is 47.5 Å². The summed E-state index contributed by atoms with van der Waals surface area (Å²) in [7, 11) is 1.14. The van der Waals surface area contributed by atoms with Crippen LogP contribution in [0, 0.1) is 0 Å². The van der Waals surface area contributed by atoms with Crippen LogP contribution in [0.2, 0.25) is 0 Å². The van der Waals surface area contributed by atoms with Crippen LogP contribution in [0.1, 0.15) is 181 Å². The van der Waals surface area contributed by atoms with Crippen molar-refractivity contribution in [3.63, 3.8) is 0 Å². The maximum atomic E-state index is 12.7. The van der Waals surface area contributed by atoms with Gasteiger partial charge in [-0.1, -0.05) is 134 Å². The van der Waals surface area contributed by atoms with Gasteiger partial charge in [0.2, 0.25) is 0 Å². The van der Waals surface area contributed by atoms with E-state index in [4.69, 9.17) is 23.3 Å². The molecule has 0 saturated carbocycles. The topological polar surface area (TPSA) is 124 Å². The van der Waals surface area contributed by atoms with E-state index in [-0.39, 0.29) is 26.1 Å². The number of quaternary nitrogens is 1. The summed E-state index contributed by atoms with van der Waals surface area (Å²) in [5.74, 6) is -0.864. The van der Waals surface area contributed by atoms with E-state index in [1.807, 2.05) is 21.1 Å². The lowest BCUT2D eigenvalue weighted by atomic mass is 10.1. The number of hydrogen-bond donors (Lipinski definition) is 0. The Morgan fingerprint density at radius 3 is 1.77 bits per heavy atom. The van der Waals surface area contributed by atoms with Gasteiger partial charge in [-0.3, -0.25) is 14.2 Å². The number of carbonyl (C=O) groups excluding carboxylic acids is 2. The van der Waals surface area contributed by atoms with Crippen LogP contribution in [0.3, 0.4) is 0 Å². The summed E-state index contributed by atoms with van der Waals surface area (Å²) in [6.45, 7) is 4.14. The minimum absolute atomic E-state index is 0.0376. The van der Waals surface area contributed by atoms with Gasteiger partial charge >= 0.3 is 11.9 Å². The highest BCUT2D eigenvalue weighted by Gasteiger charge is 2.36. The van der Waals surface area contributed by atoms with Gasteiger partial charge in [-0.05, 0) is 70.6 Å². The molecule has 0 radical (unpaired) electrons. The Balaban J connectivity index is 2.27. The maximum absolute atomic E-state index is 12.7. The predicted molar refractivity (Wildman–Crippen MR) is 231 cm³/mol. The standard InChI is InChI=1S/C46H84NO9P/c1-6-8-10-11-12-13-14-15-16-17-18-19-20-21-26-29-33-37-46(49)55-42(41-54-57(50,51)53-39-38-47(3,4)5)40-52-45(48)36-32-28-25-23-22-24-27-31-35-44-43(56-44)34-30-9-7-2/h12-13,15-16,27,31,42-44H,6-11,14,17-26,28-30,32-41H2,1-5H3/b13-12-,16-15-,31-27-/t42-,43?,44?/m1/s1. The molecule has 4 atom stereocenters. The fourth-order valence-corrected chi connectivity index (χ4v) is 7.07. The third-order valence-corrected chi connectivity index (χ3v) is 11.0. The number of ether oxygens (including phenoxy) is 3. The van der Waals surface area contributed by atoms with Crippen LogP contribution in [0.25, 0.3) is 0 Å². The van der Waals surface area contributed by atoms with Crippen LogP contribution in [0.4, 0.5) is 0 Å². The molecule has 10 nitrogen and oxygen atoms in total. The molecule has 0 aromatic rings. The summed E-state index contributed by atoms with van der Waals surface area (Å²) in [5, 5.41) is 0. The first kappa shape index (κ1) is 53.2. The minimum atomic E-state index is -4.63. The quantitative estimate of drug-likeness (QED) is 0.0148. The summed E-state index contributed by atoms with van der Waals surface area (Å²) in [6, 6.07) is 0. The van der Waals surface area contributed by atoms with Gasteiger partial charge in [-0.2, -0.15) is 0 Å². The number of epoxide rings is 1. The zero-order valence-corrected chi connectivity index (χ0v) is 37.9. The SMILES string of the molecule is CCCCC/C=C\C/C=C\CCCCCCCCCC(=O)O[C@H](COC(=O)CCCCCCC/C=C\CC1OC1CCCCC)COP(=O)([O-])OCC[N+](C)(C)C. The molecule has 11 heteroatoms. The summed E-state index contributed by atoms with van der Waals surface area (Å²) in [6.07, 6.45) is 40.5. The molecular weight excluding hydrogens is 741 g/mol. The number of phosphoric acid groups is 1. The molecule has 1 aliphatic rings. The molecule has 0 amide bonds. The van der Waals surface area contributed by atoms with Gasteiger partial charge in [0.15, 0.2) is 6.10 Å². The van der Waals surface area contributed by atoms with Crippen molar-refractivity contribution < 1.29 is 46.8 Å². The first-order valence-corrected chi connectivity index (χ1v) is 24.3. The second-order valence-corrected chi connectivity index (χ2v) is 18.2. The molecule has 0 N–H and O–H groups in total. The zero-order valence-electron chi connectivity index (χ0n) is 37.0. The molecule has 0 spiro atoms. The van der Waals surface area contributed by atoms with Gasteiger partial charge in [0.05, 0.1) is 40.0 Å². The van der Waals surface area contributed by atoms with Gasteiger partial charge in [-0.25, -0.2) is 0 Å². The number of esters is 2. The lowest BCUT2D eigenvalue weighted by Gasteiger charge is -2.28. The van der Waals surface area contributed by atoms with Crippen LogP contribution in [0.5, 0.6) is 0 Å². The lowest BCUT2D eigenvalue weighted by molar-refractivity contribution is -0.870. The second kappa shape index (κ2) is 35.0. The Bertz CT molecular complexity index is 1140. The zero-order chi connectivity index (χ0) is 41.9. The molecule has 0 bridgehead atoms. The van der Waals surface area contributed by atoms with Gasteiger partial charge in [0, 0.05) is 12.8 Å². The highest BCUT2D eigenvalue weighted by molar-refractivity contribution is 7.45. The number of phosphoric ester groups is 1. The van der Waals surface area contributed by atoms with Crippen LogP contribution in [-0.2, 0) is 37.4 Å². The number of nitrogens with zero attached hydrogens (tertiary/aromatic N) is 1. The molecule has 1 aliphatic heterocycles. The molecule has 1 rings (SSSR count). The number of allylic oxidation sites excluding steroid dienone is 5. The minimum Gasteiger partial charge on any atom is -0.756 e. The molecule has 3 unspecified atom stereocenters. The average molecular weight is 826 g/mol. The van der Waals surface area contributed by atoms with E-state index in [1.54, 1.807) is 0 Å². The van der Waals surface area contributed by atoms with Crippen molar-refractivity contribution in [3.8, 4) is 0 Å². The van der Waals surface area contributed by atoms with E-state index in [1.165, 1.54) is 70.6 Å². The van der Waals surface area contributed by atoms with Gasteiger partial charge in [0.1, 0.15) is 19.8 Å². The smallest absolute Gasteiger partial charge is 0.306 e. The van der Waals surface area contributed by atoms with Gasteiger partial charge < -0.3 is 32.6 Å². The van der Waals surface area contributed by atoms with Gasteiger partial charge in [-0.15, -0.1) is 0 Å². The summed E-state index contributed by atoms with van der Waals surface area (Å²) in [4.78, 5) is 37.6. The molecule has 0 aliphatic carbocycles. The highest BCUT2D eigenvalue weighted by Crippen LogP contribution is 2.38. The second-order valence-electron chi connectivity index (χ2n) is 16.8. The molecule has 57 heavy (non-hydrogen) atoms. The first-order chi connectivity index (χ1) is 27.5. The van der Waals surface area contributed by atoms with E-state index in [9.17, 15) is 19.0 Å². The normalized spacial score (nSPS) is 17.4. The van der Waals surface area contributed by atoms with Crippen LogP contribution >= 0.6 is 7.82 Å². The molecular formula is C46H84NO9P. The van der Waals surface area contributed by atoms with Crippen molar-refractivity contribution >= 4 is 19.8 Å². The Labute approximate surface area is 348 Å². The van der Waals surface area contributed by atoms with E-state index < -0.39 is 32.5 Å². The van der Waals surface area contributed by atoms with E-state index in [0.29, 0.717) is 36.1 Å². The molecule has 0 aromatic carbocycles. The van der Waals surface area contributed by atoms with Crippen LogP contribution in [0.15, 0.2) is 36.5 Å². The van der Waals surface area contributed by atoms with Crippen LogP contribution < -0.4 is 4.89 Å². The van der Waals surface area contributed by atoms with Crippen molar-refractivity contribution in [3.05, 3.63) is 36.5 Å². The third-order valence-electron chi connectivity index (χ3n) is 10.1. The monoisotopic (exact) mass is 826 g/mol. The number of likely N-dealkylation sites (N-methyl/N-ethyl adjacent to an activating group) is 1. The fraction of sp³-hybridized carbons (Fsp3) is 0.826. The largest absolute Gasteiger partial charge is 0.756 e. The van der Waals surface area contributed by atoms with E-state index >= 15 is 0 Å². The average Bonchev–Trinajstić information content (AvgIpc) is 3.91. The van der Waals surface area contributed by atoms with Crippen LogP contribution in [-0.4, -0.2) is 82.2 Å². The van der Waals surface area contributed by atoms with Crippen molar-refractivity contribution in [1.82, 2.24) is 0 Å². The summed E-state index contributed by atoms with van der Waals surface area (Å²) >= 11 is 0. The Morgan fingerprint density at radius 1 is 0.649 bits per heavy atom. The molecule has 332 valence electrons. The summed E-state index contributed by atoms with van der Waals surface area (Å²) in [5.41, 5.74) is 0. The molecule has 1 saturated heterocycles. The van der Waals surface area contributed by atoms with E-state index in [0.717, 1.165) is 70.6 Å². The van der Waals surface area contributed by atoms with Crippen molar-refractivity contribution in [1.29, 1.82) is 0 Å². The number of rotatable bonds is 40. The summed E-state index contributed by atoms with van der Waals surface area (Å²) < 4.78 is 39.7. The third kappa shape index (κ3) is 35.8. The molecule has 1 fully saturated rings. The van der Waals surface area contributed by atoms with Gasteiger partial charge in [0.25, 0.3) is 7.82 Å². The lowest BCUT2D eigenvalue weighted by Crippen LogP contribution is -2.37. The Morgan fingerprint density at radius 2 is 1.18 bits per heavy atom. The van der Waals surface area contributed by atoms with Crippen molar-refractivity contribution in [2.45, 2.75) is 199 Å². The highest BCUT2D eigenvalue weighted by atomic mass is 31.2. The van der Waals surface area contributed by atoms with Crippen molar-refractivity contribution in [2.24, 2.45) is 0 Å². The van der Waals surface area contributed by atoms with E-state index in [2.05, 4.69) is 50.3 Å². The number of unbranched alkanes of at least 4 members (excludes halogenated alkanes) is 17. The Hall–Kier alpha value is -1.81. The molecule has 0 aromatic heterocycles. The fourth-order valence-electron chi connectivity index (χ4n) is 6.34. The predicted octanol–water partition coefficient (Wildman–Crippen LogP) is 11.3.